The first-order chi connectivity index (χ1) is 13.4. The van der Waals surface area contributed by atoms with Crippen molar-refractivity contribution in [3.63, 3.8) is 0 Å². The zero-order chi connectivity index (χ0) is 20.1. The van der Waals surface area contributed by atoms with Crippen LogP contribution in [0.4, 0.5) is 5.69 Å². The van der Waals surface area contributed by atoms with Crippen molar-refractivity contribution in [1.29, 1.82) is 0 Å². The Bertz CT molecular complexity index is 1070. The summed E-state index contributed by atoms with van der Waals surface area (Å²) >= 11 is 0. The van der Waals surface area contributed by atoms with Crippen molar-refractivity contribution in [3.05, 3.63) is 68.7 Å². The number of aromatic nitrogens is 1. The third kappa shape index (κ3) is 4.56. The average Bonchev–Trinajstić information content (AvgIpc) is 2.96. The van der Waals surface area contributed by atoms with Gasteiger partial charge in [0.05, 0.1) is 23.1 Å². The van der Waals surface area contributed by atoms with Gasteiger partial charge in [-0.3, -0.25) is 19.5 Å². The molecule has 9 nitrogen and oxygen atoms in total. The van der Waals surface area contributed by atoms with E-state index in [4.69, 9.17) is 9.15 Å². The number of carbonyl (C=O) groups is 1. The Balaban J connectivity index is 1.51. The van der Waals surface area contributed by atoms with Crippen LogP contribution in [0, 0.1) is 17.0 Å². The molecule has 0 fully saturated rings. The van der Waals surface area contributed by atoms with Gasteiger partial charge in [-0.05, 0) is 37.1 Å². The highest BCUT2D eigenvalue weighted by atomic mass is 16.6. The normalized spacial score (nSPS) is 10.8. The summed E-state index contributed by atoms with van der Waals surface area (Å²) in [7, 11) is 0. The Kier molecular flexibility index (Phi) is 5.73. The molecule has 0 radical (unpaired) electrons. The molecule has 3 aromatic rings. The minimum atomic E-state index is -0.742. The van der Waals surface area contributed by atoms with Gasteiger partial charge in [-0.15, -0.1) is 0 Å². The minimum absolute atomic E-state index is 0.0681. The number of hydrogen-bond donors (Lipinski definition) is 1. The Morgan fingerprint density at radius 1 is 1.29 bits per heavy atom. The fourth-order valence-corrected chi connectivity index (χ4v) is 2.71. The number of carbonyl (C=O) groups excluding carboxylic acids is 1. The predicted octanol–water partition coefficient (Wildman–Crippen LogP) is 2.40. The van der Waals surface area contributed by atoms with Crippen LogP contribution in [0.15, 0.2) is 51.7 Å². The van der Waals surface area contributed by atoms with E-state index >= 15 is 0 Å². The molecular weight excluding hydrogens is 366 g/mol. The van der Waals surface area contributed by atoms with Crippen molar-refractivity contribution in [2.45, 2.75) is 19.9 Å². The molecule has 0 aliphatic heterocycles. The summed E-state index contributed by atoms with van der Waals surface area (Å²) in [6, 6.07) is 11.5. The van der Waals surface area contributed by atoms with Crippen LogP contribution in [0.3, 0.4) is 0 Å². The number of rotatable bonds is 8. The van der Waals surface area contributed by atoms with Gasteiger partial charge in [-0.25, -0.2) is 4.79 Å². The van der Waals surface area contributed by atoms with Crippen LogP contribution in [0.2, 0.25) is 0 Å². The van der Waals surface area contributed by atoms with E-state index in [1.807, 2.05) is 31.2 Å². The van der Waals surface area contributed by atoms with Crippen molar-refractivity contribution < 1.29 is 18.9 Å². The molecule has 0 saturated heterocycles. The number of nitro benzene ring substituents is 1. The molecule has 2 aromatic carbocycles. The molecule has 0 saturated carbocycles. The highest BCUT2D eigenvalue weighted by molar-refractivity contribution is 5.80. The number of non-ortho nitro benzene ring substituents is 1. The summed E-state index contributed by atoms with van der Waals surface area (Å²) in [6.45, 7) is 2.58. The Morgan fingerprint density at radius 3 is 2.86 bits per heavy atom. The van der Waals surface area contributed by atoms with Gasteiger partial charge in [0.15, 0.2) is 5.58 Å². The Hall–Kier alpha value is -3.62. The largest absolute Gasteiger partial charge is 0.494 e. The Morgan fingerprint density at radius 2 is 2.11 bits per heavy atom. The fraction of sp³-hybridized carbons (Fsp3) is 0.263. The summed E-state index contributed by atoms with van der Waals surface area (Å²) in [6.07, 6.45) is 0.604. The van der Waals surface area contributed by atoms with E-state index in [2.05, 4.69) is 5.32 Å². The van der Waals surface area contributed by atoms with Crippen molar-refractivity contribution in [2.24, 2.45) is 0 Å². The summed E-state index contributed by atoms with van der Waals surface area (Å²) in [5.74, 6) is -0.330. The summed E-state index contributed by atoms with van der Waals surface area (Å²) in [5, 5.41) is 13.5. The molecule has 0 bridgehead atoms. The molecule has 28 heavy (non-hydrogen) atoms. The molecule has 0 aliphatic rings. The first kappa shape index (κ1) is 19.2. The molecule has 1 amide bonds. The van der Waals surface area contributed by atoms with E-state index in [1.54, 1.807) is 0 Å². The zero-order valence-corrected chi connectivity index (χ0v) is 15.2. The molecular formula is C19H19N3O6. The molecule has 1 aromatic heterocycles. The highest BCUT2D eigenvalue weighted by Gasteiger charge is 2.15. The molecule has 146 valence electrons. The van der Waals surface area contributed by atoms with E-state index in [0.29, 0.717) is 25.1 Å². The zero-order valence-electron chi connectivity index (χ0n) is 15.2. The molecule has 0 atom stereocenters. The molecule has 1 heterocycles. The van der Waals surface area contributed by atoms with Crippen molar-refractivity contribution in [1.82, 2.24) is 9.88 Å². The topological polar surface area (TPSA) is 117 Å². The van der Waals surface area contributed by atoms with Crippen LogP contribution in [-0.2, 0) is 11.3 Å². The lowest BCUT2D eigenvalue weighted by Gasteiger charge is -2.08. The van der Waals surface area contributed by atoms with Gasteiger partial charge in [0, 0.05) is 12.6 Å². The number of amides is 1. The number of fused-ring (bicyclic) bond motifs is 1. The lowest BCUT2D eigenvalue weighted by molar-refractivity contribution is -0.384. The Labute approximate surface area is 159 Å². The molecule has 9 heteroatoms. The third-order valence-corrected chi connectivity index (χ3v) is 4.07. The van der Waals surface area contributed by atoms with Crippen molar-refractivity contribution in [3.8, 4) is 5.75 Å². The quantitative estimate of drug-likeness (QED) is 0.361. The second-order valence-corrected chi connectivity index (χ2v) is 6.23. The second-order valence-electron chi connectivity index (χ2n) is 6.23. The summed E-state index contributed by atoms with van der Waals surface area (Å²) in [4.78, 5) is 34.3. The van der Waals surface area contributed by atoms with Crippen LogP contribution >= 0.6 is 0 Å². The van der Waals surface area contributed by atoms with Gasteiger partial charge in [-0.1, -0.05) is 12.1 Å². The van der Waals surface area contributed by atoms with E-state index in [0.717, 1.165) is 21.9 Å². The maximum Gasteiger partial charge on any atom is 0.420 e. The minimum Gasteiger partial charge on any atom is -0.494 e. The maximum atomic E-state index is 12.1. The number of aryl methyl sites for hydroxylation is 1. The number of hydrogen-bond acceptors (Lipinski definition) is 6. The van der Waals surface area contributed by atoms with Crippen LogP contribution in [0.1, 0.15) is 12.0 Å². The fourth-order valence-electron chi connectivity index (χ4n) is 2.71. The lowest BCUT2D eigenvalue weighted by Crippen LogP contribution is -2.31. The van der Waals surface area contributed by atoms with Gasteiger partial charge in [0.25, 0.3) is 5.69 Å². The van der Waals surface area contributed by atoms with Gasteiger partial charge in [-0.2, -0.15) is 0 Å². The van der Waals surface area contributed by atoms with Gasteiger partial charge >= 0.3 is 5.76 Å². The number of oxazole rings is 1. The number of benzene rings is 2. The summed E-state index contributed by atoms with van der Waals surface area (Å²) < 4.78 is 11.7. The molecule has 0 aliphatic carbocycles. The summed E-state index contributed by atoms with van der Waals surface area (Å²) in [5.41, 5.74) is 1.31. The SMILES string of the molecule is Cc1cccc(OCCCNC(=O)Cn2c(=O)oc3cc([N+](=O)[O-])ccc32)c1. The lowest BCUT2D eigenvalue weighted by atomic mass is 10.2. The smallest absolute Gasteiger partial charge is 0.420 e. The van der Waals surface area contributed by atoms with Crippen LogP contribution in [0.25, 0.3) is 11.1 Å². The van der Waals surface area contributed by atoms with Gasteiger partial charge in [0.1, 0.15) is 12.3 Å². The van der Waals surface area contributed by atoms with Gasteiger partial charge in [0.2, 0.25) is 5.91 Å². The van der Waals surface area contributed by atoms with E-state index in [1.165, 1.54) is 12.1 Å². The molecule has 0 spiro atoms. The van der Waals surface area contributed by atoms with Gasteiger partial charge < -0.3 is 14.5 Å². The van der Waals surface area contributed by atoms with Crippen molar-refractivity contribution >= 4 is 22.7 Å². The van der Waals surface area contributed by atoms with E-state index in [9.17, 15) is 19.7 Å². The molecule has 0 unspecified atom stereocenters. The molecule has 3 rings (SSSR count). The first-order valence-electron chi connectivity index (χ1n) is 8.68. The number of nitrogens with zero attached hydrogens (tertiary/aromatic N) is 2. The van der Waals surface area contributed by atoms with Crippen LogP contribution < -0.4 is 15.8 Å². The highest BCUT2D eigenvalue weighted by Crippen LogP contribution is 2.20. The monoisotopic (exact) mass is 385 g/mol. The second kappa shape index (κ2) is 8.38. The van der Waals surface area contributed by atoms with Crippen LogP contribution in [-0.4, -0.2) is 28.5 Å². The maximum absolute atomic E-state index is 12.1. The predicted molar refractivity (Wildman–Crippen MR) is 101 cm³/mol. The molecule has 1 N–H and O–H groups in total. The average molecular weight is 385 g/mol. The van der Waals surface area contributed by atoms with Crippen molar-refractivity contribution in [2.75, 3.05) is 13.2 Å². The van der Waals surface area contributed by atoms with E-state index < -0.39 is 10.7 Å². The van der Waals surface area contributed by atoms with Crippen LogP contribution in [0.5, 0.6) is 5.75 Å². The first-order valence-corrected chi connectivity index (χ1v) is 8.68. The number of ether oxygens (including phenoxy) is 1. The standard InChI is InChI=1S/C19H19N3O6/c1-13-4-2-5-15(10-13)27-9-3-8-20-18(23)12-21-16-7-6-14(22(25)26)11-17(16)28-19(21)24/h2,4-7,10-11H,3,8-9,12H2,1H3,(H,20,23). The number of nitrogens with one attached hydrogen (secondary N) is 1. The van der Waals surface area contributed by atoms with E-state index in [-0.39, 0.29) is 23.7 Å². The third-order valence-electron chi connectivity index (χ3n) is 4.07. The number of nitro groups is 1.